The molecular formula is C23H24N4O2S. The normalized spacial score (nSPS) is 12.4. The van der Waals surface area contributed by atoms with E-state index in [-0.39, 0.29) is 11.9 Å². The molecule has 0 fully saturated rings. The fourth-order valence-electron chi connectivity index (χ4n) is 3.43. The maximum absolute atomic E-state index is 13.0. The number of carbonyl (C=O) groups is 1. The van der Waals surface area contributed by atoms with Gasteiger partial charge >= 0.3 is 0 Å². The second kappa shape index (κ2) is 9.19. The zero-order chi connectivity index (χ0) is 20.9. The highest BCUT2D eigenvalue weighted by Gasteiger charge is 2.23. The molecule has 0 saturated heterocycles. The molecule has 0 saturated carbocycles. The molecule has 0 bridgehead atoms. The summed E-state index contributed by atoms with van der Waals surface area (Å²) >= 11 is 1.56. The minimum absolute atomic E-state index is 0.0576. The highest BCUT2D eigenvalue weighted by Crippen LogP contribution is 2.25. The van der Waals surface area contributed by atoms with Crippen molar-refractivity contribution >= 4 is 33.7 Å². The van der Waals surface area contributed by atoms with Gasteiger partial charge in [0.15, 0.2) is 0 Å². The van der Waals surface area contributed by atoms with Gasteiger partial charge in [-0.15, -0.1) is 21.5 Å². The van der Waals surface area contributed by atoms with Crippen LogP contribution in [-0.4, -0.2) is 33.6 Å². The van der Waals surface area contributed by atoms with Crippen LogP contribution in [0, 0.1) is 0 Å². The number of hydrogen-bond acceptors (Lipinski definition) is 6. The number of thiophene rings is 1. The number of fused-ring (bicyclic) bond motifs is 1. The van der Waals surface area contributed by atoms with Crippen molar-refractivity contribution < 1.29 is 9.21 Å². The van der Waals surface area contributed by atoms with Crippen molar-refractivity contribution in [1.82, 2.24) is 15.1 Å². The van der Waals surface area contributed by atoms with Crippen LogP contribution in [0.4, 0.5) is 5.69 Å². The second-order valence-corrected chi connectivity index (χ2v) is 8.09. The van der Waals surface area contributed by atoms with Crippen LogP contribution in [0.3, 0.4) is 0 Å². The first kappa shape index (κ1) is 20.3. The maximum atomic E-state index is 13.0. The summed E-state index contributed by atoms with van der Waals surface area (Å²) < 4.78 is 5.83. The van der Waals surface area contributed by atoms with E-state index >= 15 is 0 Å². The number of nitrogens with one attached hydrogen (secondary N) is 1. The van der Waals surface area contributed by atoms with Crippen molar-refractivity contribution in [2.24, 2.45) is 0 Å². The highest BCUT2D eigenvalue weighted by atomic mass is 32.1. The molecule has 0 radical (unpaired) electrons. The molecule has 2 aromatic carbocycles. The van der Waals surface area contributed by atoms with Crippen molar-refractivity contribution in [2.75, 3.05) is 11.9 Å². The molecule has 0 aliphatic carbocycles. The van der Waals surface area contributed by atoms with Crippen LogP contribution in [-0.2, 0) is 11.3 Å². The van der Waals surface area contributed by atoms with Crippen molar-refractivity contribution in [1.29, 1.82) is 0 Å². The second-order valence-electron chi connectivity index (χ2n) is 7.14. The highest BCUT2D eigenvalue weighted by molar-refractivity contribution is 7.13. The number of hydrogen-bond donors (Lipinski definition) is 1. The predicted octanol–water partition coefficient (Wildman–Crippen LogP) is 5.19. The Bertz CT molecular complexity index is 1120. The molecule has 0 aliphatic rings. The fraction of sp³-hybridized carbons (Fsp3) is 0.261. The first-order chi connectivity index (χ1) is 14.7. The number of amides is 1. The summed E-state index contributed by atoms with van der Waals surface area (Å²) in [5.74, 6) is 0.971. The van der Waals surface area contributed by atoms with Gasteiger partial charge in [-0.1, -0.05) is 49.4 Å². The molecule has 0 spiro atoms. The van der Waals surface area contributed by atoms with Crippen molar-refractivity contribution in [3.05, 3.63) is 65.9 Å². The third kappa shape index (κ3) is 4.42. The quantitative estimate of drug-likeness (QED) is 0.425. The molecule has 1 atom stereocenters. The molecule has 6 nitrogen and oxygen atoms in total. The van der Waals surface area contributed by atoms with E-state index in [1.807, 2.05) is 66.9 Å². The van der Waals surface area contributed by atoms with Gasteiger partial charge in [-0.25, -0.2) is 0 Å². The summed E-state index contributed by atoms with van der Waals surface area (Å²) in [6, 6.07) is 17.5. The monoisotopic (exact) mass is 420 g/mol. The van der Waals surface area contributed by atoms with Gasteiger partial charge in [0, 0.05) is 11.1 Å². The summed E-state index contributed by atoms with van der Waals surface area (Å²) in [4.78, 5) is 16.0. The average molecular weight is 421 g/mol. The van der Waals surface area contributed by atoms with E-state index in [1.54, 1.807) is 11.3 Å². The van der Waals surface area contributed by atoms with Gasteiger partial charge in [0.1, 0.15) is 0 Å². The maximum Gasteiger partial charge on any atom is 0.257 e. The molecule has 154 valence electrons. The number of benzene rings is 2. The average Bonchev–Trinajstić information content (AvgIpc) is 3.45. The van der Waals surface area contributed by atoms with E-state index < -0.39 is 0 Å². The Hall–Kier alpha value is -3.03. The van der Waals surface area contributed by atoms with E-state index in [1.165, 1.54) is 0 Å². The molecule has 2 heterocycles. The molecular weight excluding hydrogens is 396 g/mol. The van der Waals surface area contributed by atoms with Gasteiger partial charge in [0.2, 0.25) is 11.8 Å². The third-order valence-corrected chi connectivity index (χ3v) is 5.88. The van der Waals surface area contributed by atoms with E-state index in [2.05, 4.69) is 27.3 Å². The van der Waals surface area contributed by atoms with Gasteiger partial charge in [0.25, 0.3) is 5.89 Å². The Balaban J connectivity index is 1.48. The van der Waals surface area contributed by atoms with Crippen LogP contribution in [0.15, 0.2) is 64.4 Å². The molecule has 4 aromatic rings. The Morgan fingerprint density at radius 2 is 1.97 bits per heavy atom. The third-order valence-electron chi connectivity index (χ3n) is 5.02. The van der Waals surface area contributed by atoms with Crippen molar-refractivity contribution in [3.63, 3.8) is 0 Å². The number of carbonyl (C=O) groups excluding carboxylic acids is 1. The van der Waals surface area contributed by atoms with Gasteiger partial charge < -0.3 is 9.73 Å². The first-order valence-corrected chi connectivity index (χ1v) is 10.9. The molecule has 1 N–H and O–H groups in total. The molecule has 2 aromatic heterocycles. The lowest BCUT2D eigenvalue weighted by atomic mass is 10.1. The Kier molecular flexibility index (Phi) is 6.21. The van der Waals surface area contributed by atoms with E-state index in [0.717, 1.165) is 34.3 Å². The molecule has 7 heteroatoms. The van der Waals surface area contributed by atoms with Gasteiger partial charge in [-0.3, -0.25) is 9.69 Å². The summed E-state index contributed by atoms with van der Waals surface area (Å²) in [5, 5.41) is 15.5. The summed E-state index contributed by atoms with van der Waals surface area (Å²) in [5.41, 5.74) is 0.819. The fourth-order valence-corrected chi connectivity index (χ4v) is 4.07. The predicted molar refractivity (Wildman–Crippen MR) is 120 cm³/mol. The summed E-state index contributed by atoms with van der Waals surface area (Å²) in [6.45, 7) is 5.18. The van der Waals surface area contributed by atoms with Crippen molar-refractivity contribution in [2.45, 2.75) is 32.9 Å². The molecule has 1 amide bonds. The smallest absolute Gasteiger partial charge is 0.257 e. The Morgan fingerprint density at radius 3 is 2.77 bits per heavy atom. The lowest BCUT2D eigenvalue weighted by Gasteiger charge is -2.26. The van der Waals surface area contributed by atoms with Crippen LogP contribution in [0.2, 0.25) is 0 Å². The first-order valence-electron chi connectivity index (χ1n) is 10.0. The van der Waals surface area contributed by atoms with E-state index in [4.69, 9.17) is 4.42 Å². The van der Waals surface area contributed by atoms with Gasteiger partial charge in [0.05, 0.1) is 17.5 Å². The summed E-state index contributed by atoms with van der Waals surface area (Å²) in [7, 11) is 0. The number of aromatic nitrogens is 2. The number of rotatable bonds is 8. The Labute approximate surface area is 179 Å². The molecule has 30 heavy (non-hydrogen) atoms. The van der Waals surface area contributed by atoms with Gasteiger partial charge in [-0.2, -0.15) is 0 Å². The topological polar surface area (TPSA) is 71.3 Å². The van der Waals surface area contributed by atoms with Crippen molar-refractivity contribution in [3.8, 4) is 10.8 Å². The molecule has 0 aliphatic heterocycles. The summed E-state index contributed by atoms with van der Waals surface area (Å²) in [6.07, 6.45) is 0.914. The lowest BCUT2D eigenvalue weighted by molar-refractivity contribution is -0.121. The van der Waals surface area contributed by atoms with E-state index in [0.29, 0.717) is 18.3 Å². The van der Waals surface area contributed by atoms with Crippen LogP contribution in [0.1, 0.15) is 26.2 Å². The lowest BCUT2D eigenvalue weighted by Crippen LogP contribution is -2.42. The standard InChI is InChI=1S/C23H24N4O2S/c1-3-13-27(15-21-25-26-23(29-21)20-12-7-14-30-20)16(2)22(28)24-19-11-6-9-17-8-4-5-10-18(17)19/h4-12,14,16H,3,13,15H2,1-2H3,(H,24,28)/t16-/m0/s1. The van der Waals surface area contributed by atoms with Crippen LogP contribution in [0.5, 0.6) is 0 Å². The number of nitrogens with zero attached hydrogens (tertiary/aromatic N) is 3. The largest absolute Gasteiger partial charge is 0.419 e. The van der Waals surface area contributed by atoms with Crippen LogP contribution in [0.25, 0.3) is 21.5 Å². The molecule has 0 unspecified atom stereocenters. The van der Waals surface area contributed by atoms with Gasteiger partial charge in [-0.05, 0) is 42.8 Å². The molecule has 4 rings (SSSR count). The minimum Gasteiger partial charge on any atom is -0.419 e. The zero-order valence-corrected chi connectivity index (χ0v) is 17.9. The number of anilines is 1. The SMILES string of the molecule is CCCN(Cc1nnc(-c2cccs2)o1)[C@@H](C)C(=O)Nc1cccc2ccccc12. The van der Waals surface area contributed by atoms with E-state index in [9.17, 15) is 4.79 Å². The van der Waals surface area contributed by atoms with Crippen LogP contribution >= 0.6 is 11.3 Å². The Morgan fingerprint density at radius 1 is 1.13 bits per heavy atom. The van der Waals surface area contributed by atoms with Crippen LogP contribution < -0.4 is 5.32 Å². The minimum atomic E-state index is -0.346. The zero-order valence-electron chi connectivity index (χ0n) is 17.0.